The van der Waals surface area contributed by atoms with Gasteiger partial charge in [0.2, 0.25) is 0 Å². The minimum absolute atomic E-state index is 0.120. The zero-order valence-electron chi connectivity index (χ0n) is 13.3. The SMILES string of the molecule is c1cc(CN2CCC3(CC2)C[C@H](OCC2CCC2)CO3)cs1. The first-order valence-electron chi connectivity index (χ1n) is 8.80. The molecule has 3 nitrogen and oxygen atoms in total. The van der Waals surface area contributed by atoms with Crippen LogP contribution >= 0.6 is 11.3 Å². The monoisotopic (exact) mass is 321 g/mol. The van der Waals surface area contributed by atoms with Crippen LogP contribution < -0.4 is 0 Å². The molecule has 0 radical (unpaired) electrons. The van der Waals surface area contributed by atoms with Crippen molar-refractivity contribution in [2.45, 2.75) is 56.8 Å². The number of likely N-dealkylation sites (tertiary alicyclic amines) is 1. The number of ether oxygens (including phenoxy) is 2. The van der Waals surface area contributed by atoms with Gasteiger partial charge >= 0.3 is 0 Å². The highest BCUT2D eigenvalue weighted by Gasteiger charge is 2.43. The van der Waals surface area contributed by atoms with Gasteiger partial charge in [-0.25, -0.2) is 0 Å². The summed E-state index contributed by atoms with van der Waals surface area (Å²) >= 11 is 1.79. The summed E-state index contributed by atoms with van der Waals surface area (Å²) in [6.07, 6.45) is 7.95. The van der Waals surface area contributed by atoms with Crippen LogP contribution in [0.15, 0.2) is 16.8 Å². The second-order valence-corrected chi connectivity index (χ2v) is 8.14. The van der Waals surface area contributed by atoms with E-state index in [1.54, 1.807) is 11.3 Å². The average Bonchev–Trinajstić information content (AvgIpc) is 3.11. The highest BCUT2D eigenvalue weighted by atomic mass is 32.1. The van der Waals surface area contributed by atoms with Crippen molar-refractivity contribution in [3.05, 3.63) is 22.4 Å². The fourth-order valence-corrected chi connectivity index (χ4v) is 4.61. The van der Waals surface area contributed by atoms with E-state index in [0.29, 0.717) is 6.10 Å². The maximum absolute atomic E-state index is 6.21. The fourth-order valence-electron chi connectivity index (χ4n) is 3.95. The first kappa shape index (κ1) is 15.1. The molecule has 0 unspecified atom stereocenters. The van der Waals surface area contributed by atoms with Crippen LogP contribution in [0.2, 0.25) is 0 Å². The van der Waals surface area contributed by atoms with E-state index in [4.69, 9.17) is 9.47 Å². The molecular formula is C18H27NO2S. The Hall–Kier alpha value is -0.420. The molecule has 4 rings (SSSR count). The van der Waals surface area contributed by atoms with E-state index in [-0.39, 0.29) is 5.60 Å². The van der Waals surface area contributed by atoms with Gasteiger partial charge in [0.1, 0.15) is 0 Å². The Morgan fingerprint density at radius 3 is 2.86 bits per heavy atom. The minimum Gasteiger partial charge on any atom is -0.375 e. The van der Waals surface area contributed by atoms with Crippen LogP contribution in [0, 0.1) is 5.92 Å². The molecule has 2 saturated heterocycles. The van der Waals surface area contributed by atoms with Gasteiger partial charge in [-0.1, -0.05) is 6.42 Å². The molecule has 1 aliphatic carbocycles. The molecule has 0 amide bonds. The number of piperidine rings is 1. The van der Waals surface area contributed by atoms with E-state index in [1.807, 2.05) is 0 Å². The van der Waals surface area contributed by atoms with Gasteiger partial charge in [-0.3, -0.25) is 4.90 Å². The van der Waals surface area contributed by atoms with Crippen molar-refractivity contribution in [2.75, 3.05) is 26.3 Å². The number of rotatable bonds is 5. The van der Waals surface area contributed by atoms with Crippen LogP contribution in [-0.2, 0) is 16.0 Å². The van der Waals surface area contributed by atoms with Gasteiger partial charge in [0.15, 0.2) is 0 Å². The van der Waals surface area contributed by atoms with Crippen LogP contribution in [0.5, 0.6) is 0 Å². The summed E-state index contributed by atoms with van der Waals surface area (Å²) in [5.41, 5.74) is 1.57. The molecule has 0 aromatic carbocycles. The van der Waals surface area contributed by atoms with E-state index in [2.05, 4.69) is 21.7 Å². The lowest BCUT2D eigenvalue weighted by molar-refractivity contribution is -0.0474. The molecule has 1 saturated carbocycles. The predicted molar refractivity (Wildman–Crippen MR) is 89.2 cm³/mol. The summed E-state index contributed by atoms with van der Waals surface area (Å²) in [7, 11) is 0. The molecule has 1 atom stereocenters. The molecule has 0 N–H and O–H groups in total. The lowest BCUT2D eigenvalue weighted by atomic mass is 9.86. The molecule has 122 valence electrons. The normalized spacial score (nSPS) is 29.0. The third-order valence-corrected chi connectivity index (χ3v) is 6.45. The Labute approximate surface area is 137 Å². The van der Waals surface area contributed by atoms with Crippen LogP contribution in [-0.4, -0.2) is 42.9 Å². The van der Waals surface area contributed by atoms with Crippen molar-refractivity contribution in [3.63, 3.8) is 0 Å². The van der Waals surface area contributed by atoms with Gasteiger partial charge in [0, 0.05) is 32.7 Å². The van der Waals surface area contributed by atoms with E-state index in [1.165, 1.54) is 37.7 Å². The first-order valence-corrected chi connectivity index (χ1v) is 9.75. The second kappa shape index (κ2) is 6.60. The highest BCUT2D eigenvalue weighted by molar-refractivity contribution is 7.07. The Kier molecular flexibility index (Phi) is 4.54. The topological polar surface area (TPSA) is 21.7 Å². The van der Waals surface area contributed by atoms with Crippen LogP contribution in [0.25, 0.3) is 0 Å². The Morgan fingerprint density at radius 2 is 2.18 bits per heavy atom. The number of nitrogens with zero attached hydrogens (tertiary/aromatic N) is 1. The van der Waals surface area contributed by atoms with Gasteiger partial charge in [0.05, 0.1) is 18.3 Å². The Morgan fingerprint density at radius 1 is 1.32 bits per heavy atom. The summed E-state index contributed by atoms with van der Waals surface area (Å²) in [6, 6.07) is 2.24. The molecule has 3 aliphatic rings. The standard InChI is InChI=1S/C18H27NO2S/c1-2-15(3-1)12-20-17-10-18(21-13-17)5-7-19(8-6-18)11-16-4-9-22-14-16/h4,9,14-15,17H,1-3,5-8,10-13H2/t17-/m0/s1. The summed E-state index contributed by atoms with van der Waals surface area (Å²) in [5, 5.41) is 4.44. The lowest BCUT2D eigenvalue weighted by Crippen LogP contribution is -2.43. The van der Waals surface area contributed by atoms with Crippen LogP contribution in [0.1, 0.15) is 44.1 Å². The molecule has 4 heteroatoms. The summed E-state index contributed by atoms with van der Waals surface area (Å²) in [5.74, 6) is 0.837. The second-order valence-electron chi connectivity index (χ2n) is 7.36. The van der Waals surface area contributed by atoms with E-state index < -0.39 is 0 Å². The molecule has 2 aliphatic heterocycles. The van der Waals surface area contributed by atoms with Gasteiger partial charge in [-0.05, 0) is 54.0 Å². The average molecular weight is 321 g/mol. The van der Waals surface area contributed by atoms with Crippen molar-refractivity contribution in [2.24, 2.45) is 5.92 Å². The van der Waals surface area contributed by atoms with Crippen molar-refractivity contribution in [3.8, 4) is 0 Å². The van der Waals surface area contributed by atoms with Crippen molar-refractivity contribution in [1.82, 2.24) is 4.90 Å². The first-order chi connectivity index (χ1) is 10.8. The zero-order chi connectivity index (χ0) is 14.8. The molecule has 0 bridgehead atoms. The summed E-state index contributed by atoms with van der Waals surface area (Å²) < 4.78 is 12.3. The number of thiophene rings is 1. The number of hydrogen-bond donors (Lipinski definition) is 0. The summed E-state index contributed by atoms with van der Waals surface area (Å²) in [4.78, 5) is 2.57. The Balaban J connectivity index is 1.22. The van der Waals surface area contributed by atoms with E-state index in [9.17, 15) is 0 Å². The molecule has 1 aromatic rings. The minimum atomic E-state index is 0.120. The zero-order valence-corrected chi connectivity index (χ0v) is 14.2. The molecule has 1 spiro atoms. The van der Waals surface area contributed by atoms with Gasteiger partial charge < -0.3 is 9.47 Å². The third-order valence-electron chi connectivity index (χ3n) is 5.72. The van der Waals surface area contributed by atoms with Crippen LogP contribution in [0.4, 0.5) is 0 Å². The van der Waals surface area contributed by atoms with Crippen LogP contribution in [0.3, 0.4) is 0 Å². The highest BCUT2D eigenvalue weighted by Crippen LogP contribution is 2.38. The van der Waals surface area contributed by atoms with Crippen molar-refractivity contribution >= 4 is 11.3 Å². The number of hydrogen-bond acceptors (Lipinski definition) is 4. The third kappa shape index (κ3) is 3.40. The quantitative estimate of drug-likeness (QED) is 0.825. The Bertz CT molecular complexity index is 463. The maximum atomic E-state index is 6.21. The smallest absolute Gasteiger partial charge is 0.0836 e. The molecule has 1 aromatic heterocycles. The molecule has 3 fully saturated rings. The largest absolute Gasteiger partial charge is 0.375 e. The van der Waals surface area contributed by atoms with E-state index >= 15 is 0 Å². The molecular weight excluding hydrogens is 294 g/mol. The fraction of sp³-hybridized carbons (Fsp3) is 0.778. The molecule has 22 heavy (non-hydrogen) atoms. The predicted octanol–water partition coefficient (Wildman–Crippen LogP) is 3.69. The van der Waals surface area contributed by atoms with Crippen molar-refractivity contribution < 1.29 is 9.47 Å². The van der Waals surface area contributed by atoms with Crippen molar-refractivity contribution in [1.29, 1.82) is 0 Å². The lowest BCUT2D eigenvalue weighted by Gasteiger charge is -2.38. The van der Waals surface area contributed by atoms with Gasteiger partial charge in [-0.15, -0.1) is 0 Å². The summed E-state index contributed by atoms with van der Waals surface area (Å²) in [6.45, 7) is 5.20. The van der Waals surface area contributed by atoms with Gasteiger partial charge in [0.25, 0.3) is 0 Å². The van der Waals surface area contributed by atoms with Gasteiger partial charge in [-0.2, -0.15) is 11.3 Å². The maximum Gasteiger partial charge on any atom is 0.0836 e. The molecule has 3 heterocycles. The van der Waals surface area contributed by atoms with E-state index in [0.717, 1.165) is 45.2 Å².